The maximum atomic E-state index is 12.6. The van der Waals surface area contributed by atoms with Crippen LogP contribution in [-0.4, -0.2) is 51.2 Å². The third-order valence-corrected chi connectivity index (χ3v) is 5.04. The van der Waals surface area contributed by atoms with Crippen molar-refractivity contribution in [3.63, 3.8) is 0 Å². The molecule has 0 bridgehead atoms. The molecule has 0 radical (unpaired) electrons. The van der Waals surface area contributed by atoms with Crippen molar-refractivity contribution < 1.29 is 14.3 Å². The van der Waals surface area contributed by atoms with Crippen LogP contribution in [0.2, 0.25) is 0 Å². The Balaban J connectivity index is 1.68. The first-order chi connectivity index (χ1) is 12.6. The number of carbonyl (C=O) groups excluding carboxylic acids is 2. The van der Waals surface area contributed by atoms with E-state index in [1.54, 1.807) is 4.90 Å². The summed E-state index contributed by atoms with van der Waals surface area (Å²) in [5.74, 6) is 0.296. The zero-order chi connectivity index (χ0) is 18.5. The van der Waals surface area contributed by atoms with Gasteiger partial charge < -0.3 is 19.9 Å². The number of anilines is 2. The molecule has 2 aliphatic rings. The molecule has 6 nitrogen and oxygen atoms in total. The third-order valence-electron chi connectivity index (χ3n) is 5.04. The van der Waals surface area contributed by atoms with Gasteiger partial charge in [-0.15, -0.1) is 0 Å². The van der Waals surface area contributed by atoms with Crippen molar-refractivity contribution >= 4 is 23.2 Å². The first kappa shape index (κ1) is 18.7. The first-order valence-electron chi connectivity index (χ1n) is 9.56. The van der Waals surface area contributed by atoms with Gasteiger partial charge in [0.1, 0.15) is 0 Å². The lowest BCUT2D eigenvalue weighted by atomic mass is 10.1. The zero-order valence-corrected chi connectivity index (χ0v) is 15.7. The summed E-state index contributed by atoms with van der Waals surface area (Å²) in [5.41, 5.74) is 1.95. The summed E-state index contributed by atoms with van der Waals surface area (Å²) in [6.07, 6.45) is 1.24. The minimum atomic E-state index is -0.271. The van der Waals surface area contributed by atoms with Crippen molar-refractivity contribution in [2.75, 3.05) is 49.2 Å². The average Bonchev–Trinajstić information content (AvgIpc) is 3.04. The fraction of sp³-hybridized carbons (Fsp3) is 0.600. The third kappa shape index (κ3) is 4.36. The number of nitrogens with zero attached hydrogens (tertiary/aromatic N) is 2. The van der Waals surface area contributed by atoms with E-state index in [2.05, 4.69) is 24.1 Å². The lowest BCUT2D eigenvalue weighted by Gasteiger charge is -2.32. The number of ether oxygens (including phenoxy) is 1. The van der Waals surface area contributed by atoms with Gasteiger partial charge >= 0.3 is 0 Å². The van der Waals surface area contributed by atoms with Gasteiger partial charge in [-0.2, -0.15) is 0 Å². The molecule has 1 unspecified atom stereocenters. The van der Waals surface area contributed by atoms with Gasteiger partial charge in [-0.05, 0) is 24.5 Å². The minimum Gasteiger partial charge on any atom is -0.378 e. The second kappa shape index (κ2) is 8.54. The van der Waals surface area contributed by atoms with E-state index in [4.69, 9.17) is 4.74 Å². The maximum absolute atomic E-state index is 12.6. The summed E-state index contributed by atoms with van der Waals surface area (Å²) in [7, 11) is 0. The summed E-state index contributed by atoms with van der Waals surface area (Å²) < 4.78 is 5.44. The van der Waals surface area contributed by atoms with Gasteiger partial charge in [0.15, 0.2) is 0 Å². The predicted octanol–water partition coefficient (Wildman–Crippen LogP) is 2.04. The largest absolute Gasteiger partial charge is 0.378 e. The Labute approximate surface area is 155 Å². The normalized spacial score (nSPS) is 20.7. The number of morpholine rings is 1. The standard InChI is InChI=1S/C20H29N3O3/c1-15(2)7-8-21-20(25)16-13-19(24)23(14-16)18-6-4-3-5-17(18)22-9-11-26-12-10-22/h3-6,15-16H,7-14H2,1-2H3,(H,21,25). The Morgan fingerprint density at radius 3 is 2.62 bits per heavy atom. The quantitative estimate of drug-likeness (QED) is 0.844. The van der Waals surface area contributed by atoms with Crippen LogP contribution in [-0.2, 0) is 14.3 Å². The molecule has 0 saturated carbocycles. The molecule has 0 aliphatic carbocycles. The summed E-state index contributed by atoms with van der Waals surface area (Å²) >= 11 is 0. The van der Waals surface area contributed by atoms with Crippen LogP contribution in [0.3, 0.4) is 0 Å². The van der Waals surface area contributed by atoms with Crippen LogP contribution in [0.5, 0.6) is 0 Å². The highest BCUT2D eigenvalue weighted by Crippen LogP contribution is 2.34. The Morgan fingerprint density at radius 1 is 1.23 bits per heavy atom. The lowest BCUT2D eigenvalue weighted by molar-refractivity contribution is -0.126. The Bertz CT molecular complexity index is 641. The number of amides is 2. The molecular weight excluding hydrogens is 330 g/mol. The van der Waals surface area contributed by atoms with Crippen molar-refractivity contribution in [3.8, 4) is 0 Å². The molecule has 1 atom stereocenters. The topological polar surface area (TPSA) is 61.9 Å². The molecule has 1 aromatic rings. The second-order valence-corrected chi connectivity index (χ2v) is 7.47. The number of hydrogen-bond donors (Lipinski definition) is 1. The van der Waals surface area contributed by atoms with Crippen LogP contribution in [0.4, 0.5) is 11.4 Å². The summed E-state index contributed by atoms with van der Waals surface area (Å²) in [4.78, 5) is 29.1. The lowest BCUT2D eigenvalue weighted by Crippen LogP contribution is -2.38. The fourth-order valence-electron chi connectivity index (χ4n) is 3.51. The highest BCUT2D eigenvalue weighted by Gasteiger charge is 2.36. The highest BCUT2D eigenvalue weighted by molar-refractivity contribution is 6.02. The van der Waals surface area contributed by atoms with E-state index in [1.807, 2.05) is 24.3 Å². The number of hydrogen-bond acceptors (Lipinski definition) is 4. The van der Waals surface area contributed by atoms with Gasteiger partial charge in [0.2, 0.25) is 11.8 Å². The van der Waals surface area contributed by atoms with E-state index in [1.165, 1.54) is 0 Å². The molecule has 6 heteroatoms. The van der Waals surface area contributed by atoms with Crippen molar-refractivity contribution in [3.05, 3.63) is 24.3 Å². The Morgan fingerprint density at radius 2 is 1.92 bits per heavy atom. The van der Waals surface area contributed by atoms with Gasteiger partial charge in [-0.1, -0.05) is 26.0 Å². The molecular formula is C20H29N3O3. The number of benzene rings is 1. The van der Waals surface area contributed by atoms with Crippen molar-refractivity contribution in [1.29, 1.82) is 0 Å². The smallest absolute Gasteiger partial charge is 0.227 e. The fourth-order valence-corrected chi connectivity index (χ4v) is 3.51. The number of carbonyl (C=O) groups is 2. The molecule has 26 heavy (non-hydrogen) atoms. The Hall–Kier alpha value is -2.08. The van der Waals surface area contributed by atoms with Crippen molar-refractivity contribution in [2.24, 2.45) is 11.8 Å². The van der Waals surface area contributed by atoms with Crippen LogP contribution >= 0.6 is 0 Å². The molecule has 2 heterocycles. The van der Waals surface area contributed by atoms with E-state index in [0.717, 1.165) is 30.9 Å². The molecule has 142 valence electrons. The predicted molar refractivity (Wildman–Crippen MR) is 102 cm³/mol. The zero-order valence-electron chi connectivity index (χ0n) is 15.7. The minimum absolute atomic E-state index is 0.00893. The molecule has 1 N–H and O–H groups in total. The monoisotopic (exact) mass is 359 g/mol. The summed E-state index contributed by atoms with van der Waals surface area (Å²) in [6, 6.07) is 7.96. The van der Waals surface area contributed by atoms with Gasteiger partial charge in [-0.25, -0.2) is 0 Å². The molecule has 1 aromatic carbocycles. The number of para-hydroxylation sites is 2. The van der Waals surface area contributed by atoms with Crippen LogP contribution in [0.1, 0.15) is 26.7 Å². The van der Waals surface area contributed by atoms with E-state index < -0.39 is 0 Å². The van der Waals surface area contributed by atoms with E-state index in [-0.39, 0.29) is 24.2 Å². The van der Waals surface area contributed by atoms with E-state index in [0.29, 0.717) is 32.2 Å². The van der Waals surface area contributed by atoms with Gasteiger partial charge in [0.05, 0.1) is 30.5 Å². The molecule has 2 amide bonds. The van der Waals surface area contributed by atoms with Crippen molar-refractivity contribution in [2.45, 2.75) is 26.7 Å². The van der Waals surface area contributed by atoms with Gasteiger partial charge in [0.25, 0.3) is 0 Å². The molecule has 0 spiro atoms. The van der Waals surface area contributed by atoms with Crippen molar-refractivity contribution in [1.82, 2.24) is 5.32 Å². The average molecular weight is 359 g/mol. The molecule has 2 fully saturated rings. The second-order valence-electron chi connectivity index (χ2n) is 7.47. The Kier molecular flexibility index (Phi) is 6.14. The van der Waals surface area contributed by atoms with Crippen LogP contribution < -0.4 is 15.1 Å². The highest BCUT2D eigenvalue weighted by atomic mass is 16.5. The molecule has 0 aromatic heterocycles. The van der Waals surface area contributed by atoms with Crippen LogP contribution in [0.25, 0.3) is 0 Å². The SMILES string of the molecule is CC(C)CCNC(=O)C1CC(=O)N(c2ccccc2N2CCOCC2)C1. The summed E-state index contributed by atoms with van der Waals surface area (Å²) in [6.45, 7) is 8.42. The maximum Gasteiger partial charge on any atom is 0.227 e. The molecule has 2 saturated heterocycles. The summed E-state index contributed by atoms with van der Waals surface area (Å²) in [5, 5.41) is 2.98. The number of rotatable bonds is 6. The molecule has 3 rings (SSSR count). The van der Waals surface area contributed by atoms with Crippen LogP contribution in [0.15, 0.2) is 24.3 Å². The van der Waals surface area contributed by atoms with Crippen LogP contribution in [0, 0.1) is 11.8 Å². The van der Waals surface area contributed by atoms with E-state index >= 15 is 0 Å². The van der Waals surface area contributed by atoms with Gasteiger partial charge in [0, 0.05) is 32.6 Å². The first-order valence-corrected chi connectivity index (χ1v) is 9.56. The van der Waals surface area contributed by atoms with E-state index in [9.17, 15) is 9.59 Å². The van der Waals surface area contributed by atoms with Gasteiger partial charge in [-0.3, -0.25) is 9.59 Å². The molecule has 2 aliphatic heterocycles. The number of nitrogens with one attached hydrogen (secondary N) is 1.